The molecular formula is C8H13N3O4S. The number of urea groups is 1. The third kappa shape index (κ3) is 2.78. The lowest BCUT2D eigenvalue weighted by molar-refractivity contribution is -0.141. The first-order chi connectivity index (χ1) is 7.43. The van der Waals surface area contributed by atoms with E-state index >= 15 is 0 Å². The van der Waals surface area contributed by atoms with Gasteiger partial charge in [-0.15, -0.1) is 11.8 Å². The van der Waals surface area contributed by atoms with Gasteiger partial charge in [0, 0.05) is 5.75 Å². The number of carbonyl (C=O) groups excluding carboxylic acids is 2. The third-order valence-electron chi connectivity index (χ3n) is 2.16. The van der Waals surface area contributed by atoms with E-state index in [1.165, 1.54) is 16.7 Å². The van der Waals surface area contributed by atoms with Crippen LogP contribution in [0.15, 0.2) is 0 Å². The zero-order chi connectivity index (χ0) is 12.3. The number of amides is 3. The summed E-state index contributed by atoms with van der Waals surface area (Å²) in [6.45, 7) is 1.44. The number of hydrogen-bond acceptors (Lipinski definition) is 4. The maximum Gasteiger partial charge on any atom is 0.327 e. The molecule has 3 amide bonds. The standard InChI is InChI=1S/C8H13N3O4S/c1-4-11(5(3-16-4)7(13)14)8(15)10-2-6(9)12/h4-5H,2-3H2,1H3,(H2,9,12)(H,10,15)(H,13,14). The molecule has 0 aromatic rings. The summed E-state index contributed by atoms with van der Waals surface area (Å²) in [7, 11) is 0. The normalized spacial score (nSPS) is 24.2. The van der Waals surface area contributed by atoms with Gasteiger partial charge in [-0.1, -0.05) is 0 Å². The van der Waals surface area contributed by atoms with Gasteiger partial charge in [0.05, 0.1) is 11.9 Å². The second kappa shape index (κ2) is 5.06. The van der Waals surface area contributed by atoms with Crippen molar-refractivity contribution in [2.75, 3.05) is 12.3 Å². The average Bonchev–Trinajstić information content (AvgIpc) is 2.56. The van der Waals surface area contributed by atoms with Crippen molar-refractivity contribution in [2.24, 2.45) is 5.73 Å². The van der Waals surface area contributed by atoms with E-state index in [-0.39, 0.29) is 11.9 Å². The summed E-state index contributed by atoms with van der Waals surface area (Å²) in [5.74, 6) is -1.37. The van der Waals surface area contributed by atoms with Crippen LogP contribution in [0.25, 0.3) is 0 Å². The number of carboxylic acid groups (broad SMARTS) is 1. The molecule has 1 rings (SSSR count). The first-order valence-electron chi connectivity index (χ1n) is 4.62. The Morgan fingerprint density at radius 2 is 2.19 bits per heavy atom. The molecule has 0 bridgehead atoms. The van der Waals surface area contributed by atoms with Crippen molar-refractivity contribution >= 4 is 29.7 Å². The quantitative estimate of drug-likeness (QED) is 0.594. The minimum Gasteiger partial charge on any atom is -0.480 e. The number of aliphatic carboxylic acids is 1. The maximum absolute atomic E-state index is 11.6. The van der Waals surface area contributed by atoms with Crippen LogP contribution in [-0.2, 0) is 9.59 Å². The number of carbonyl (C=O) groups is 3. The Kier molecular flexibility index (Phi) is 3.99. The summed E-state index contributed by atoms with van der Waals surface area (Å²) in [5.41, 5.74) is 4.87. The summed E-state index contributed by atoms with van der Waals surface area (Å²) in [4.78, 5) is 34.2. The Balaban J connectivity index is 2.64. The van der Waals surface area contributed by atoms with E-state index in [0.717, 1.165) is 0 Å². The number of thioether (sulfide) groups is 1. The van der Waals surface area contributed by atoms with Crippen LogP contribution in [0.2, 0.25) is 0 Å². The molecule has 1 heterocycles. The molecular weight excluding hydrogens is 234 g/mol. The van der Waals surface area contributed by atoms with Gasteiger partial charge in [-0.3, -0.25) is 9.69 Å². The van der Waals surface area contributed by atoms with Crippen LogP contribution in [0.1, 0.15) is 6.92 Å². The molecule has 0 radical (unpaired) electrons. The molecule has 90 valence electrons. The first kappa shape index (κ1) is 12.6. The smallest absolute Gasteiger partial charge is 0.327 e. The van der Waals surface area contributed by atoms with Gasteiger partial charge in [-0.05, 0) is 6.92 Å². The van der Waals surface area contributed by atoms with E-state index < -0.39 is 23.9 Å². The third-order valence-corrected chi connectivity index (χ3v) is 3.37. The molecule has 7 nitrogen and oxygen atoms in total. The fourth-order valence-corrected chi connectivity index (χ4v) is 2.56. The fourth-order valence-electron chi connectivity index (χ4n) is 1.40. The van der Waals surface area contributed by atoms with Gasteiger partial charge in [0.2, 0.25) is 5.91 Å². The van der Waals surface area contributed by atoms with E-state index in [1.807, 2.05) is 0 Å². The Morgan fingerprint density at radius 3 is 2.69 bits per heavy atom. The molecule has 1 aliphatic rings. The largest absolute Gasteiger partial charge is 0.480 e. The summed E-state index contributed by atoms with van der Waals surface area (Å²) in [6.07, 6.45) is 0. The van der Waals surface area contributed by atoms with Crippen molar-refractivity contribution in [2.45, 2.75) is 18.3 Å². The lowest BCUT2D eigenvalue weighted by Gasteiger charge is -2.24. The second-order valence-corrected chi connectivity index (χ2v) is 4.67. The van der Waals surface area contributed by atoms with Crippen LogP contribution in [0, 0.1) is 0 Å². The Morgan fingerprint density at radius 1 is 1.56 bits per heavy atom. The number of hydrogen-bond donors (Lipinski definition) is 3. The van der Waals surface area contributed by atoms with E-state index in [0.29, 0.717) is 5.75 Å². The molecule has 16 heavy (non-hydrogen) atoms. The first-order valence-corrected chi connectivity index (χ1v) is 5.67. The number of nitrogens with two attached hydrogens (primary N) is 1. The molecule has 0 spiro atoms. The van der Waals surface area contributed by atoms with Gasteiger partial charge in [0.1, 0.15) is 6.04 Å². The number of rotatable bonds is 3. The zero-order valence-corrected chi connectivity index (χ0v) is 9.49. The van der Waals surface area contributed by atoms with Crippen molar-refractivity contribution in [3.05, 3.63) is 0 Å². The minimum atomic E-state index is -1.05. The van der Waals surface area contributed by atoms with E-state index in [4.69, 9.17) is 10.8 Å². The van der Waals surface area contributed by atoms with Crippen molar-refractivity contribution in [1.82, 2.24) is 10.2 Å². The van der Waals surface area contributed by atoms with E-state index in [9.17, 15) is 14.4 Å². The molecule has 0 aromatic heterocycles. The highest BCUT2D eigenvalue weighted by Gasteiger charge is 2.39. The summed E-state index contributed by atoms with van der Waals surface area (Å²) < 4.78 is 0. The predicted molar refractivity (Wildman–Crippen MR) is 57.8 cm³/mol. The topological polar surface area (TPSA) is 113 Å². The fraction of sp³-hybridized carbons (Fsp3) is 0.625. The average molecular weight is 247 g/mol. The summed E-state index contributed by atoms with van der Waals surface area (Å²) in [6, 6.07) is -1.43. The van der Waals surface area contributed by atoms with Gasteiger partial charge in [0.15, 0.2) is 0 Å². The highest BCUT2D eigenvalue weighted by molar-refractivity contribution is 8.00. The van der Waals surface area contributed by atoms with Gasteiger partial charge >= 0.3 is 12.0 Å². The summed E-state index contributed by atoms with van der Waals surface area (Å²) in [5, 5.41) is 10.9. The van der Waals surface area contributed by atoms with E-state index in [1.54, 1.807) is 6.92 Å². The van der Waals surface area contributed by atoms with Crippen molar-refractivity contribution in [3.8, 4) is 0 Å². The molecule has 0 aromatic carbocycles. The molecule has 4 N–H and O–H groups in total. The number of nitrogens with zero attached hydrogens (tertiary/aromatic N) is 1. The van der Waals surface area contributed by atoms with Crippen LogP contribution in [0.5, 0.6) is 0 Å². The van der Waals surface area contributed by atoms with Crippen molar-refractivity contribution in [3.63, 3.8) is 0 Å². The van der Waals surface area contributed by atoms with E-state index in [2.05, 4.69) is 5.32 Å². The van der Waals surface area contributed by atoms with Gasteiger partial charge < -0.3 is 16.2 Å². The van der Waals surface area contributed by atoms with Gasteiger partial charge in [0.25, 0.3) is 0 Å². The van der Waals surface area contributed by atoms with Crippen LogP contribution >= 0.6 is 11.8 Å². The molecule has 8 heteroatoms. The molecule has 0 saturated carbocycles. The molecule has 1 fully saturated rings. The lowest BCUT2D eigenvalue weighted by atomic mass is 10.3. The molecule has 1 saturated heterocycles. The molecule has 2 atom stereocenters. The Labute approximate surface area is 96.3 Å². The molecule has 1 aliphatic heterocycles. The molecule has 0 aliphatic carbocycles. The highest BCUT2D eigenvalue weighted by atomic mass is 32.2. The minimum absolute atomic E-state index is 0.228. The monoisotopic (exact) mass is 247 g/mol. The van der Waals surface area contributed by atoms with Crippen molar-refractivity contribution in [1.29, 1.82) is 0 Å². The van der Waals surface area contributed by atoms with Crippen molar-refractivity contribution < 1.29 is 19.5 Å². The summed E-state index contributed by atoms with van der Waals surface area (Å²) >= 11 is 1.37. The van der Waals surface area contributed by atoms with Crippen LogP contribution in [0.3, 0.4) is 0 Å². The van der Waals surface area contributed by atoms with Gasteiger partial charge in [-0.2, -0.15) is 0 Å². The number of nitrogens with one attached hydrogen (secondary N) is 1. The predicted octanol–water partition coefficient (Wildman–Crippen LogP) is -0.971. The second-order valence-electron chi connectivity index (χ2n) is 3.32. The lowest BCUT2D eigenvalue weighted by Crippen LogP contribution is -2.50. The van der Waals surface area contributed by atoms with Gasteiger partial charge in [-0.25, -0.2) is 9.59 Å². The van der Waals surface area contributed by atoms with Crippen LogP contribution in [-0.4, -0.2) is 51.6 Å². The Hall–Kier alpha value is -1.44. The SMILES string of the molecule is CC1SCC(C(=O)O)N1C(=O)NCC(N)=O. The number of primary amides is 1. The Bertz CT molecular complexity index is 322. The maximum atomic E-state index is 11.6. The molecule has 2 unspecified atom stereocenters. The highest BCUT2D eigenvalue weighted by Crippen LogP contribution is 2.28. The van der Waals surface area contributed by atoms with Crippen LogP contribution < -0.4 is 11.1 Å². The zero-order valence-electron chi connectivity index (χ0n) is 8.67. The number of carboxylic acids is 1. The van der Waals surface area contributed by atoms with Crippen LogP contribution in [0.4, 0.5) is 4.79 Å².